The molecular formula is C16H24BrNO3. The van der Waals surface area contributed by atoms with Crippen LogP contribution in [0.15, 0.2) is 28.7 Å². The van der Waals surface area contributed by atoms with Crippen molar-refractivity contribution in [3.8, 4) is 5.75 Å². The Bertz CT molecular complexity index is 393. The van der Waals surface area contributed by atoms with E-state index >= 15 is 0 Å². The quantitative estimate of drug-likeness (QED) is 0.702. The van der Waals surface area contributed by atoms with Crippen LogP contribution in [-0.4, -0.2) is 43.6 Å². The van der Waals surface area contributed by atoms with Gasteiger partial charge in [0.25, 0.3) is 0 Å². The second-order valence-electron chi connectivity index (χ2n) is 5.40. The van der Waals surface area contributed by atoms with Crippen molar-refractivity contribution in [2.45, 2.75) is 37.9 Å². The van der Waals surface area contributed by atoms with E-state index in [9.17, 15) is 5.11 Å². The fraction of sp³-hybridized carbons (Fsp3) is 0.625. The Morgan fingerprint density at radius 2 is 2.14 bits per heavy atom. The van der Waals surface area contributed by atoms with Crippen molar-refractivity contribution in [1.82, 2.24) is 5.32 Å². The summed E-state index contributed by atoms with van der Waals surface area (Å²) < 4.78 is 12.2. The largest absolute Gasteiger partial charge is 0.491 e. The van der Waals surface area contributed by atoms with E-state index in [0.29, 0.717) is 19.3 Å². The van der Waals surface area contributed by atoms with Gasteiger partial charge in [0.05, 0.1) is 6.10 Å². The summed E-state index contributed by atoms with van der Waals surface area (Å²) in [6, 6.07) is 7.60. The van der Waals surface area contributed by atoms with Gasteiger partial charge < -0.3 is 19.9 Å². The Balaban J connectivity index is 1.52. The normalized spacial score (nSPS) is 20.2. The molecule has 1 fully saturated rings. The van der Waals surface area contributed by atoms with Gasteiger partial charge in [-0.1, -0.05) is 15.9 Å². The number of rotatable bonds is 8. The SMILES string of the molecule is OC(CNCCC1CCCCO1)COc1ccc(Br)cc1. The first-order chi connectivity index (χ1) is 10.2. The minimum atomic E-state index is -0.499. The maximum Gasteiger partial charge on any atom is 0.119 e. The Morgan fingerprint density at radius 3 is 2.86 bits per heavy atom. The Kier molecular flexibility index (Phi) is 7.50. The summed E-state index contributed by atoms with van der Waals surface area (Å²) in [6.45, 7) is 2.62. The number of aliphatic hydroxyl groups excluding tert-OH is 1. The molecule has 21 heavy (non-hydrogen) atoms. The van der Waals surface area contributed by atoms with Gasteiger partial charge in [-0.15, -0.1) is 0 Å². The lowest BCUT2D eigenvalue weighted by Crippen LogP contribution is -2.33. The molecule has 1 aromatic rings. The first-order valence-electron chi connectivity index (χ1n) is 7.63. The van der Waals surface area contributed by atoms with Gasteiger partial charge in [0.2, 0.25) is 0 Å². The summed E-state index contributed by atoms with van der Waals surface area (Å²) in [7, 11) is 0. The van der Waals surface area contributed by atoms with E-state index in [2.05, 4.69) is 21.2 Å². The second kappa shape index (κ2) is 9.41. The van der Waals surface area contributed by atoms with Crippen LogP contribution in [0.1, 0.15) is 25.7 Å². The zero-order valence-electron chi connectivity index (χ0n) is 12.3. The molecule has 2 atom stereocenters. The summed E-state index contributed by atoms with van der Waals surface area (Å²) in [5.41, 5.74) is 0. The van der Waals surface area contributed by atoms with E-state index in [1.807, 2.05) is 24.3 Å². The molecule has 2 N–H and O–H groups in total. The maximum absolute atomic E-state index is 9.87. The standard InChI is InChI=1S/C16H24BrNO3/c17-13-4-6-16(7-5-13)21-12-14(19)11-18-9-8-15-3-1-2-10-20-15/h4-7,14-15,18-19H,1-3,8-12H2. The molecule has 0 saturated carbocycles. The lowest BCUT2D eigenvalue weighted by atomic mass is 10.1. The van der Waals surface area contributed by atoms with Gasteiger partial charge in [-0.05, 0) is 56.5 Å². The third-order valence-corrected chi connectivity index (χ3v) is 4.08. The van der Waals surface area contributed by atoms with Crippen LogP contribution in [-0.2, 0) is 4.74 Å². The first-order valence-corrected chi connectivity index (χ1v) is 8.42. The predicted molar refractivity (Wildman–Crippen MR) is 86.7 cm³/mol. The number of aliphatic hydroxyl groups is 1. The van der Waals surface area contributed by atoms with E-state index in [4.69, 9.17) is 9.47 Å². The van der Waals surface area contributed by atoms with Crippen LogP contribution in [0.4, 0.5) is 0 Å². The number of benzene rings is 1. The molecule has 2 unspecified atom stereocenters. The van der Waals surface area contributed by atoms with Crippen LogP contribution < -0.4 is 10.1 Å². The van der Waals surface area contributed by atoms with Crippen LogP contribution in [0.5, 0.6) is 5.75 Å². The van der Waals surface area contributed by atoms with Crippen molar-refractivity contribution in [2.75, 3.05) is 26.3 Å². The van der Waals surface area contributed by atoms with Crippen molar-refractivity contribution in [3.63, 3.8) is 0 Å². The van der Waals surface area contributed by atoms with Gasteiger partial charge in [0, 0.05) is 17.6 Å². The summed E-state index contributed by atoms with van der Waals surface area (Å²) in [4.78, 5) is 0. The number of ether oxygens (including phenoxy) is 2. The van der Waals surface area contributed by atoms with E-state index < -0.39 is 6.10 Å². The molecule has 0 aromatic heterocycles. The van der Waals surface area contributed by atoms with Crippen LogP contribution in [0.2, 0.25) is 0 Å². The van der Waals surface area contributed by atoms with Gasteiger partial charge in [0.1, 0.15) is 18.5 Å². The molecule has 0 spiro atoms. The highest BCUT2D eigenvalue weighted by Gasteiger charge is 2.13. The minimum Gasteiger partial charge on any atom is -0.491 e. The summed E-state index contributed by atoms with van der Waals surface area (Å²) in [5, 5.41) is 13.1. The summed E-state index contributed by atoms with van der Waals surface area (Å²) >= 11 is 3.38. The summed E-state index contributed by atoms with van der Waals surface area (Å²) in [6.07, 6.45) is 4.53. The van der Waals surface area contributed by atoms with E-state index in [-0.39, 0.29) is 0 Å². The van der Waals surface area contributed by atoms with Crippen LogP contribution in [0.3, 0.4) is 0 Å². The molecule has 0 radical (unpaired) electrons. The number of hydrogen-bond acceptors (Lipinski definition) is 4. The number of nitrogens with one attached hydrogen (secondary N) is 1. The number of halogens is 1. The predicted octanol–water partition coefficient (Wildman–Crippen LogP) is 2.74. The second-order valence-corrected chi connectivity index (χ2v) is 6.32. The van der Waals surface area contributed by atoms with Crippen molar-refractivity contribution < 1.29 is 14.6 Å². The lowest BCUT2D eigenvalue weighted by Gasteiger charge is -2.22. The minimum absolute atomic E-state index is 0.300. The molecule has 5 heteroatoms. The molecule has 1 aliphatic heterocycles. The third-order valence-electron chi connectivity index (χ3n) is 3.55. The zero-order chi connectivity index (χ0) is 14.9. The van der Waals surface area contributed by atoms with E-state index in [1.54, 1.807) is 0 Å². The molecule has 4 nitrogen and oxygen atoms in total. The van der Waals surface area contributed by atoms with Gasteiger partial charge in [-0.2, -0.15) is 0 Å². The molecule has 0 bridgehead atoms. The monoisotopic (exact) mass is 357 g/mol. The number of hydrogen-bond donors (Lipinski definition) is 2. The molecule has 118 valence electrons. The molecule has 1 saturated heterocycles. The van der Waals surface area contributed by atoms with Crippen molar-refractivity contribution in [1.29, 1.82) is 0 Å². The Hall–Kier alpha value is -0.620. The molecule has 2 rings (SSSR count). The van der Waals surface area contributed by atoms with Crippen molar-refractivity contribution in [3.05, 3.63) is 28.7 Å². The van der Waals surface area contributed by atoms with Gasteiger partial charge in [-0.3, -0.25) is 0 Å². The van der Waals surface area contributed by atoms with Gasteiger partial charge in [-0.25, -0.2) is 0 Å². The highest BCUT2D eigenvalue weighted by Crippen LogP contribution is 2.16. The molecule has 1 heterocycles. The van der Waals surface area contributed by atoms with Gasteiger partial charge >= 0.3 is 0 Å². The lowest BCUT2D eigenvalue weighted by molar-refractivity contribution is 0.0109. The Morgan fingerprint density at radius 1 is 1.33 bits per heavy atom. The topological polar surface area (TPSA) is 50.7 Å². The zero-order valence-corrected chi connectivity index (χ0v) is 13.8. The average molecular weight is 358 g/mol. The molecular weight excluding hydrogens is 334 g/mol. The maximum atomic E-state index is 9.87. The highest BCUT2D eigenvalue weighted by molar-refractivity contribution is 9.10. The van der Waals surface area contributed by atoms with Crippen molar-refractivity contribution >= 4 is 15.9 Å². The molecule has 1 aromatic carbocycles. The highest BCUT2D eigenvalue weighted by atomic mass is 79.9. The van der Waals surface area contributed by atoms with Crippen LogP contribution in [0, 0.1) is 0 Å². The van der Waals surface area contributed by atoms with Crippen molar-refractivity contribution in [2.24, 2.45) is 0 Å². The van der Waals surface area contributed by atoms with Gasteiger partial charge in [0.15, 0.2) is 0 Å². The Labute approximate surface area is 135 Å². The summed E-state index contributed by atoms with van der Waals surface area (Å²) in [5.74, 6) is 0.771. The molecule has 0 aliphatic carbocycles. The van der Waals surface area contributed by atoms with Crippen LogP contribution >= 0.6 is 15.9 Å². The average Bonchev–Trinajstić information content (AvgIpc) is 2.52. The fourth-order valence-corrected chi connectivity index (χ4v) is 2.61. The van der Waals surface area contributed by atoms with Crippen LogP contribution in [0.25, 0.3) is 0 Å². The molecule has 1 aliphatic rings. The third kappa shape index (κ3) is 6.78. The fourth-order valence-electron chi connectivity index (χ4n) is 2.35. The van der Waals surface area contributed by atoms with E-state index in [0.717, 1.165) is 36.2 Å². The van der Waals surface area contributed by atoms with E-state index in [1.165, 1.54) is 12.8 Å². The first kappa shape index (κ1) is 16.7. The molecule has 0 amide bonds. The smallest absolute Gasteiger partial charge is 0.119 e.